The van der Waals surface area contributed by atoms with Gasteiger partial charge in [-0.25, -0.2) is 0 Å². The standard InChI is InChI=1S/C25H42N2O2/c1-5-6-7-8-9-10-11-12-13-14-15-19-23(28)26-22-18-16-17-21(20-22)24(29)27-25(2,3)4/h16-18,20H,5-15,19H2,1-4H3,(H,26,28)(H,27,29). The van der Waals surface area contributed by atoms with E-state index >= 15 is 0 Å². The summed E-state index contributed by atoms with van der Waals surface area (Å²) in [5, 5.41) is 5.86. The van der Waals surface area contributed by atoms with E-state index in [-0.39, 0.29) is 17.4 Å². The molecule has 0 bridgehead atoms. The molecule has 1 aromatic rings. The number of benzene rings is 1. The lowest BCUT2D eigenvalue weighted by Crippen LogP contribution is -2.40. The first-order chi connectivity index (χ1) is 13.8. The van der Waals surface area contributed by atoms with Gasteiger partial charge < -0.3 is 10.6 Å². The Bertz CT molecular complexity index is 605. The molecule has 0 atom stereocenters. The first-order valence-corrected chi connectivity index (χ1v) is 11.5. The minimum absolute atomic E-state index is 0.0225. The van der Waals surface area contributed by atoms with E-state index in [0.717, 1.165) is 12.8 Å². The molecule has 2 N–H and O–H groups in total. The summed E-state index contributed by atoms with van der Waals surface area (Å²) in [6, 6.07) is 7.13. The van der Waals surface area contributed by atoms with Crippen LogP contribution in [0, 0.1) is 0 Å². The van der Waals surface area contributed by atoms with Crippen molar-refractivity contribution >= 4 is 17.5 Å². The molecule has 0 aromatic heterocycles. The van der Waals surface area contributed by atoms with Crippen LogP contribution in [-0.4, -0.2) is 17.4 Å². The van der Waals surface area contributed by atoms with E-state index in [2.05, 4.69) is 17.6 Å². The second-order valence-corrected chi connectivity index (χ2v) is 9.12. The Morgan fingerprint density at radius 1 is 0.828 bits per heavy atom. The Balaban J connectivity index is 2.17. The third-order valence-corrected chi connectivity index (χ3v) is 4.90. The number of amides is 2. The van der Waals surface area contributed by atoms with E-state index in [1.807, 2.05) is 26.8 Å². The minimum atomic E-state index is -0.286. The van der Waals surface area contributed by atoms with Gasteiger partial charge in [-0.2, -0.15) is 0 Å². The van der Waals surface area contributed by atoms with Crippen LogP contribution in [0.3, 0.4) is 0 Å². The molecule has 4 nitrogen and oxygen atoms in total. The second kappa shape index (κ2) is 14.2. The van der Waals surface area contributed by atoms with Crippen LogP contribution in [0.4, 0.5) is 5.69 Å². The molecule has 29 heavy (non-hydrogen) atoms. The number of unbranched alkanes of at least 4 members (excludes halogenated alkanes) is 10. The molecule has 0 radical (unpaired) electrons. The summed E-state index contributed by atoms with van der Waals surface area (Å²) in [5.74, 6) is -0.103. The van der Waals surface area contributed by atoms with Crippen molar-refractivity contribution in [2.45, 2.75) is 110 Å². The number of rotatable bonds is 14. The zero-order valence-corrected chi connectivity index (χ0v) is 19.1. The average Bonchev–Trinajstić information content (AvgIpc) is 2.65. The smallest absolute Gasteiger partial charge is 0.251 e. The Kier molecular flexibility index (Phi) is 12.3. The van der Waals surface area contributed by atoms with Crippen LogP contribution in [0.5, 0.6) is 0 Å². The maximum atomic E-state index is 12.3. The van der Waals surface area contributed by atoms with E-state index in [4.69, 9.17) is 0 Å². The van der Waals surface area contributed by atoms with E-state index in [1.54, 1.807) is 18.2 Å². The van der Waals surface area contributed by atoms with Gasteiger partial charge in [0.25, 0.3) is 5.91 Å². The van der Waals surface area contributed by atoms with E-state index in [9.17, 15) is 9.59 Å². The van der Waals surface area contributed by atoms with Gasteiger partial charge in [0.1, 0.15) is 0 Å². The predicted molar refractivity (Wildman–Crippen MR) is 123 cm³/mol. The molecule has 164 valence electrons. The topological polar surface area (TPSA) is 58.2 Å². The molecule has 0 unspecified atom stereocenters. The highest BCUT2D eigenvalue weighted by Crippen LogP contribution is 2.14. The van der Waals surface area contributed by atoms with Crippen LogP contribution in [0.15, 0.2) is 24.3 Å². The van der Waals surface area contributed by atoms with Crippen molar-refractivity contribution in [3.63, 3.8) is 0 Å². The Hall–Kier alpha value is -1.84. The number of hydrogen-bond acceptors (Lipinski definition) is 2. The summed E-state index contributed by atoms with van der Waals surface area (Å²) in [6.07, 6.45) is 14.6. The molecule has 0 fully saturated rings. The van der Waals surface area contributed by atoms with Crippen molar-refractivity contribution in [1.29, 1.82) is 0 Å². The molecule has 1 aromatic carbocycles. The van der Waals surface area contributed by atoms with Crippen molar-refractivity contribution in [3.05, 3.63) is 29.8 Å². The minimum Gasteiger partial charge on any atom is -0.347 e. The van der Waals surface area contributed by atoms with Gasteiger partial charge >= 0.3 is 0 Å². The number of carbonyl (C=O) groups is 2. The van der Waals surface area contributed by atoms with Crippen molar-refractivity contribution in [3.8, 4) is 0 Å². The maximum Gasteiger partial charge on any atom is 0.251 e. The SMILES string of the molecule is CCCCCCCCCCCCCC(=O)Nc1cccc(C(=O)NC(C)(C)C)c1. The molecule has 4 heteroatoms. The summed E-state index contributed by atoms with van der Waals surface area (Å²) in [6.45, 7) is 8.10. The molecule has 2 amide bonds. The first-order valence-electron chi connectivity index (χ1n) is 11.5. The highest BCUT2D eigenvalue weighted by atomic mass is 16.2. The summed E-state index contributed by atoms with van der Waals surface area (Å²) < 4.78 is 0. The fourth-order valence-electron chi connectivity index (χ4n) is 3.32. The summed E-state index contributed by atoms with van der Waals surface area (Å²) in [7, 11) is 0. The third-order valence-electron chi connectivity index (χ3n) is 4.90. The zero-order valence-electron chi connectivity index (χ0n) is 19.1. The number of nitrogens with one attached hydrogen (secondary N) is 2. The Morgan fingerprint density at radius 3 is 1.93 bits per heavy atom. The average molecular weight is 403 g/mol. The van der Waals surface area contributed by atoms with Crippen LogP contribution in [0.1, 0.15) is 115 Å². The largest absolute Gasteiger partial charge is 0.347 e. The Morgan fingerprint density at radius 2 is 1.38 bits per heavy atom. The summed E-state index contributed by atoms with van der Waals surface area (Å²) in [4.78, 5) is 24.4. The highest BCUT2D eigenvalue weighted by Gasteiger charge is 2.15. The van der Waals surface area contributed by atoms with Crippen LogP contribution in [0.25, 0.3) is 0 Å². The normalized spacial score (nSPS) is 11.3. The number of anilines is 1. The molecule has 0 aliphatic carbocycles. The molecule has 0 heterocycles. The van der Waals surface area contributed by atoms with Crippen LogP contribution in [-0.2, 0) is 4.79 Å². The summed E-state index contributed by atoms with van der Waals surface area (Å²) >= 11 is 0. The highest BCUT2D eigenvalue weighted by molar-refractivity contribution is 5.97. The number of carbonyl (C=O) groups excluding carboxylic acids is 2. The molecule has 0 aliphatic heterocycles. The van der Waals surface area contributed by atoms with Crippen molar-refractivity contribution in [1.82, 2.24) is 5.32 Å². The monoisotopic (exact) mass is 402 g/mol. The number of hydrogen-bond donors (Lipinski definition) is 2. The molecule has 0 spiro atoms. The lowest BCUT2D eigenvalue weighted by Gasteiger charge is -2.20. The fraction of sp³-hybridized carbons (Fsp3) is 0.680. The first kappa shape index (κ1) is 25.2. The van der Waals surface area contributed by atoms with Gasteiger partial charge in [-0.15, -0.1) is 0 Å². The van der Waals surface area contributed by atoms with Gasteiger partial charge in [0.2, 0.25) is 5.91 Å². The van der Waals surface area contributed by atoms with Crippen LogP contribution >= 0.6 is 0 Å². The van der Waals surface area contributed by atoms with Gasteiger partial charge in [0, 0.05) is 23.2 Å². The van der Waals surface area contributed by atoms with E-state index in [1.165, 1.54) is 57.8 Å². The molecule has 0 aliphatic rings. The van der Waals surface area contributed by atoms with Crippen molar-refractivity contribution in [2.75, 3.05) is 5.32 Å². The van der Waals surface area contributed by atoms with Gasteiger partial charge in [0.15, 0.2) is 0 Å². The lowest BCUT2D eigenvalue weighted by atomic mass is 10.1. The predicted octanol–water partition coefficient (Wildman–Crippen LogP) is 6.85. The van der Waals surface area contributed by atoms with Crippen LogP contribution < -0.4 is 10.6 Å². The molecule has 0 saturated heterocycles. The van der Waals surface area contributed by atoms with Gasteiger partial charge in [-0.3, -0.25) is 9.59 Å². The van der Waals surface area contributed by atoms with E-state index in [0.29, 0.717) is 17.7 Å². The quantitative estimate of drug-likeness (QED) is 0.334. The van der Waals surface area contributed by atoms with Crippen molar-refractivity contribution in [2.24, 2.45) is 0 Å². The van der Waals surface area contributed by atoms with Gasteiger partial charge in [-0.05, 0) is 45.4 Å². The molecule has 0 saturated carbocycles. The van der Waals surface area contributed by atoms with Gasteiger partial charge in [0.05, 0.1) is 0 Å². The van der Waals surface area contributed by atoms with Crippen LogP contribution in [0.2, 0.25) is 0 Å². The Labute approximate surface area is 178 Å². The van der Waals surface area contributed by atoms with Crippen molar-refractivity contribution < 1.29 is 9.59 Å². The van der Waals surface area contributed by atoms with Gasteiger partial charge in [-0.1, -0.05) is 77.2 Å². The molecular formula is C25H42N2O2. The fourth-order valence-corrected chi connectivity index (χ4v) is 3.32. The zero-order chi connectivity index (χ0) is 21.5. The third kappa shape index (κ3) is 13.1. The lowest BCUT2D eigenvalue weighted by molar-refractivity contribution is -0.116. The maximum absolute atomic E-state index is 12.3. The molecular weight excluding hydrogens is 360 g/mol. The summed E-state index contributed by atoms with van der Waals surface area (Å²) in [5.41, 5.74) is 0.956. The van der Waals surface area contributed by atoms with E-state index < -0.39 is 0 Å². The molecule has 1 rings (SSSR count). The second-order valence-electron chi connectivity index (χ2n) is 9.12.